The zero-order chi connectivity index (χ0) is 21.5. The van der Waals surface area contributed by atoms with Crippen LogP contribution < -0.4 is 0 Å². The first kappa shape index (κ1) is 20.3. The van der Waals surface area contributed by atoms with E-state index >= 15 is 0 Å². The largest absolute Gasteiger partial charge is 0.294 e. The highest BCUT2D eigenvalue weighted by atomic mass is 16.1. The Kier molecular flexibility index (Phi) is 6.35. The Bertz CT molecular complexity index is 1210. The van der Waals surface area contributed by atoms with Crippen molar-refractivity contribution in [2.24, 2.45) is 0 Å². The summed E-state index contributed by atoms with van der Waals surface area (Å²) in [5, 5.41) is 9.58. The summed E-state index contributed by atoms with van der Waals surface area (Å²) < 4.78 is 0. The molecule has 0 amide bonds. The molecule has 0 aromatic heterocycles. The normalized spacial score (nSPS) is 14.4. The van der Waals surface area contributed by atoms with Crippen LogP contribution in [0, 0.1) is 11.3 Å². The molecule has 0 atom stereocenters. The Balaban J connectivity index is 1.65. The molecule has 0 unspecified atom stereocenters. The molecule has 0 aliphatic heterocycles. The van der Waals surface area contributed by atoms with Gasteiger partial charge in [0.05, 0.1) is 11.6 Å². The molecule has 3 aromatic rings. The second kappa shape index (κ2) is 9.69. The number of Topliss-reactive ketones (excluding diaryl/α,β-unsaturated/α-hetero) is 1. The third-order valence-electron chi connectivity index (χ3n) is 5.42. The van der Waals surface area contributed by atoms with Crippen molar-refractivity contribution in [3.63, 3.8) is 0 Å². The van der Waals surface area contributed by atoms with E-state index in [4.69, 9.17) is 0 Å². The summed E-state index contributed by atoms with van der Waals surface area (Å²) >= 11 is 0. The van der Waals surface area contributed by atoms with E-state index in [1.54, 1.807) is 0 Å². The zero-order valence-electron chi connectivity index (χ0n) is 17.3. The van der Waals surface area contributed by atoms with Crippen LogP contribution >= 0.6 is 0 Å². The van der Waals surface area contributed by atoms with Gasteiger partial charge in [0, 0.05) is 12.0 Å². The minimum absolute atomic E-state index is 0.0328. The monoisotopic (exact) mass is 401 g/mol. The van der Waals surface area contributed by atoms with Crippen molar-refractivity contribution in [2.75, 3.05) is 0 Å². The fourth-order valence-electron chi connectivity index (χ4n) is 3.76. The maximum absolute atomic E-state index is 13.3. The van der Waals surface area contributed by atoms with Gasteiger partial charge in [-0.05, 0) is 58.9 Å². The van der Waals surface area contributed by atoms with Crippen LogP contribution in [-0.2, 0) is 11.2 Å². The smallest absolute Gasteiger partial charge is 0.166 e. The Labute approximate surface area is 183 Å². The molecule has 2 heteroatoms. The van der Waals surface area contributed by atoms with E-state index in [0.29, 0.717) is 11.1 Å². The Morgan fingerprint density at radius 2 is 1.55 bits per heavy atom. The van der Waals surface area contributed by atoms with Crippen LogP contribution in [0.1, 0.15) is 29.5 Å². The van der Waals surface area contributed by atoms with Gasteiger partial charge in [-0.2, -0.15) is 5.26 Å². The van der Waals surface area contributed by atoms with E-state index in [1.165, 1.54) is 0 Å². The molecule has 150 valence electrons. The van der Waals surface area contributed by atoms with Crippen molar-refractivity contribution in [2.45, 2.75) is 19.3 Å². The molecule has 3 aromatic carbocycles. The number of ketones is 1. The van der Waals surface area contributed by atoms with E-state index in [2.05, 4.69) is 30.4 Å². The number of nitriles is 1. The fraction of sp³-hybridized carbons (Fsp3) is 0.103. The first-order valence-corrected chi connectivity index (χ1v) is 10.5. The molecular weight excluding hydrogens is 378 g/mol. The van der Waals surface area contributed by atoms with E-state index in [0.717, 1.165) is 40.7 Å². The number of hydrogen-bond donors (Lipinski definition) is 0. The van der Waals surface area contributed by atoms with Gasteiger partial charge in [-0.25, -0.2) is 0 Å². The minimum Gasteiger partial charge on any atom is -0.294 e. The van der Waals surface area contributed by atoms with Crippen LogP contribution in [0.5, 0.6) is 0 Å². The predicted octanol–water partition coefficient (Wildman–Crippen LogP) is 6.70. The second-order valence-corrected chi connectivity index (χ2v) is 7.55. The van der Waals surface area contributed by atoms with Crippen LogP contribution in [0.2, 0.25) is 0 Å². The van der Waals surface area contributed by atoms with Gasteiger partial charge >= 0.3 is 0 Å². The molecule has 0 N–H and O–H groups in total. The third-order valence-corrected chi connectivity index (χ3v) is 5.42. The van der Waals surface area contributed by atoms with Crippen LogP contribution in [0.3, 0.4) is 0 Å². The van der Waals surface area contributed by atoms with Crippen molar-refractivity contribution in [1.82, 2.24) is 0 Å². The molecule has 0 saturated carbocycles. The summed E-state index contributed by atoms with van der Waals surface area (Å²) in [6, 6.07) is 28.1. The number of benzene rings is 3. The number of allylic oxidation sites excluding steroid dienone is 6. The van der Waals surface area contributed by atoms with Crippen molar-refractivity contribution in [3.05, 3.63) is 125 Å². The highest BCUT2D eigenvalue weighted by Gasteiger charge is 2.14. The number of nitrogens with zero attached hydrogens (tertiary/aromatic N) is 1. The molecule has 1 aliphatic rings. The van der Waals surface area contributed by atoms with Crippen molar-refractivity contribution < 1.29 is 4.79 Å². The van der Waals surface area contributed by atoms with Gasteiger partial charge in [0.15, 0.2) is 5.78 Å². The zero-order valence-corrected chi connectivity index (χ0v) is 17.3. The van der Waals surface area contributed by atoms with Gasteiger partial charge in [0.2, 0.25) is 0 Å². The molecule has 0 radical (unpaired) electrons. The van der Waals surface area contributed by atoms with Gasteiger partial charge in [0.25, 0.3) is 0 Å². The quantitative estimate of drug-likeness (QED) is 0.477. The number of hydrogen-bond acceptors (Lipinski definition) is 2. The average molecular weight is 402 g/mol. The summed E-state index contributed by atoms with van der Waals surface area (Å²) in [5.41, 5.74) is 6.21. The summed E-state index contributed by atoms with van der Waals surface area (Å²) in [6.07, 6.45) is 10.2. The third kappa shape index (κ3) is 4.97. The summed E-state index contributed by atoms with van der Waals surface area (Å²) in [5.74, 6) is 0.0328. The van der Waals surface area contributed by atoms with E-state index in [1.807, 2.05) is 78.9 Å². The molecule has 0 saturated heterocycles. The highest BCUT2D eigenvalue weighted by molar-refractivity contribution is 6.02. The standard InChI is InChI=1S/C29H23NO/c30-21-27-17-16-25(23-12-6-2-7-13-23)19-28(27)20-29(31)26-15-9-3-8-14-24(18-26)22-10-4-1-5-11-22/h1-2,4-8,10-19H,3,9,20H2/b14-8+,24-18?,26-15?. The van der Waals surface area contributed by atoms with Crippen LogP contribution in [-0.4, -0.2) is 5.78 Å². The molecule has 0 heterocycles. The number of rotatable bonds is 5. The summed E-state index contributed by atoms with van der Waals surface area (Å²) in [4.78, 5) is 13.3. The number of carbonyl (C=O) groups is 1. The minimum atomic E-state index is 0.0328. The molecular formula is C29H23NO. The average Bonchev–Trinajstić information content (AvgIpc) is 2.80. The second-order valence-electron chi connectivity index (χ2n) is 7.55. The SMILES string of the molecule is N#Cc1ccc(-c2ccccc2)cc1CC(=O)C1=CCC/C=C/C(c2ccccc2)=C1. The molecule has 0 spiro atoms. The van der Waals surface area contributed by atoms with E-state index in [-0.39, 0.29) is 12.2 Å². The lowest BCUT2D eigenvalue weighted by molar-refractivity contribution is -0.114. The van der Waals surface area contributed by atoms with Crippen molar-refractivity contribution in [3.8, 4) is 17.2 Å². The Morgan fingerprint density at radius 3 is 2.26 bits per heavy atom. The first-order valence-electron chi connectivity index (χ1n) is 10.5. The molecule has 31 heavy (non-hydrogen) atoms. The Hall–Kier alpha value is -3.96. The van der Waals surface area contributed by atoms with Crippen molar-refractivity contribution in [1.29, 1.82) is 5.26 Å². The maximum atomic E-state index is 13.3. The molecule has 0 bridgehead atoms. The van der Waals surface area contributed by atoms with E-state index < -0.39 is 0 Å². The van der Waals surface area contributed by atoms with Gasteiger partial charge in [-0.15, -0.1) is 0 Å². The fourth-order valence-corrected chi connectivity index (χ4v) is 3.76. The van der Waals surface area contributed by atoms with Crippen LogP contribution in [0.15, 0.2) is 109 Å². The molecule has 1 aliphatic carbocycles. The molecule has 2 nitrogen and oxygen atoms in total. The van der Waals surface area contributed by atoms with Crippen LogP contribution in [0.25, 0.3) is 16.7 Å². The predicted molar refractivity (Wildman–Crippen MR) is 126 cm³/mol. The molecule has 4 rings (SSSR count). The lowest BCUT2D eigenvalue weighted by atomic mass is 9.92. The van der Waals surface area contributed by atoms with Crippen molar-refractivity contribution >= 4 is 11.4 Å². The lowest BCUT2D eigenvalue weighted by Crippen LogP contribution is -2.08. The topological polar surface area (TPSA) is 40.9 Å². The van der Waals surface area contributed by atoms with Gasteiger partial charge < -0.3 is 0 Å². The first-order chi connectivity index (χ1) is 15.2. The summed E-state index contributed by atoms with van der Waals surface area (Å²) in [6.45, 7) is 0. The maximum Gasteiger partial charge on any atom is 0.166 e. The van der Waals surface area contributed by atoms with Gasteiger partial charge in [-0.1, -0.05) is 85.0 Å². The van der Waals surface area contributed by atoms with E-state index in [9.17, 15) is 10.1 Å². The van der Waals surface area contributed by atoms with Crippen LogP contribution in [0.4, 0.5) is 0 Å². The Morgan fingerprint density at radius 1 is 0.839 bits per heavy atom. The highest BCUT2D eigenvalue weighted by Crippen LogP contribution is 2.25. The van der Waals surface area contributed by atoms with Gasteiger partial charge in [0.1, 0.15) is 0 Å². The lowest BCUT2D eigenvalue weighted by Gasteiger charge is -2.11. The van der Waals surface area contributed by atoms with Gasteiger partial charge in [-0.3, -0.25) is 4.79 Å². The number of carbonyl (C=O) groups excluding carboxylic acids is 1. The summed E-state index contributed by atoms with van der Waals surface area (Å²) in [7, 11) is 0. The molecule has 0 fully saturated rings.